The van der Waals surface area contributed by atoms with Crippen LogP contribution in [0.4, 0.5) is 0 Å². The van der Waals surface area contributed by atoms with Crippen LogP contribution in [0.5, 0.6) is 11.5 Å². The Kier molecular flexibility index (Phi) is 5.84. The highest BCUT2D eigenvalue weighted by atomic mass is 16.5. The maximum Gasteiger partial charge on any atom is 0.336 e. The molecule has 170 valence electrons. The average Bonchev–Trinajstić information content (AvgIpc) is 2.81. The summed E-state index contributed by atoms with van der Waals surface area (Å²) in [5.74, 6) is -0.632. The van der Waals surface area contributed by atoms with E-state index in [-0.39, 0.29) is 23.8 Å². The normalized spacial score (nSPS) is 10.7. The molecule has 9 heteroatoms. The summed E-state index contributed by atoms with van der Waals surface area (Å²) < 4.78 is 7.33. The van der Waals surface area contributed by atoms with Crippen molar-refractivity contribution in [2.75, 3.05) is 0 Å². The summed E-state index contributed by atoms with van der Waals surface area (Å²) in [7, 11) is 0. The molecule has 0 aliphatic heterocycles. The van der Waals surface area contributed by atoms with Gasteiger partial charge >= 0.3 is 5.97 Å². The molecule has 34 heavy (non-hydrogen) atoms. The van der Waals surface area contributed by atoms with Crippen LogP contribution in [0, 0.1) is 10.8 Å². The second kappa shape index (κ2) is 8.91. The van der Waals surface area contributed by atoms with Gasteiger partial charge in [0.05, 0.1) is 17.6 Å². The molecule has 0 spiro atoms. The molecule has 0 atom stereocenters. The fourth-order valence-electron chi connectivity index (χ4n) is 3.65. The van der Waals surface area contributed by atoms with Crippen molar-refractivity contribution in [3.8, 4) is 11.5 Å². The van der Waals surface area contributed by atoms with Gasteiger partial charge in [0.25, 0.3) is 5.56 Å². The largest absolute Gasteiger partial charge is 0.478 e. The van der Waals surface area contributed by atoms with Gasteiger partial charge < -0.3 is 25.9 Å². The van der Waals surface area contributed by atoms with E-state index in [0.29, 0.717) is 33.5 Å². The number of fused-ring (bicyclic) bond motifs is 1. The lowest BCUT2D eigenvalue weighted by Crippen LogP contribution is -2.23. The SMILES string of the molecule is N=C(N)c1cccc(Cn2c(=O)cc(C(=O)O)c3cc(Oc4cccc(C(=N)N)c4)ccc32)c1. The van der Waals surface area contributed by atoms with E-state index < -0.39 is 11.5 Å². The molecule has 0 unspecified atom stereocenters. The first-order valence-electron chi connectivity index (χ1n) is 10.2. The first-order chi connectivity index (χ1) is 16.2. The third-order valence-corrected chi connectivity index (χ3v) is 5.27. The first kappa shape index (κ1) is 22.3. The molecule has 0 radical (unpaired) electrons. The molecule has 4 rings (SSSR count). The van der Waals surface area contributed by atoms with Gasteiger partial charge in [0.2, 0.25) is 0 Å². The molecule has 0 saturated heterocycles. The third-order valence-electron chi connectivity index (χ3n) is 5.27. The fraction of sp³-hybridized carbons (Fsp3) is 0.0400. The topological polar surface area (TPSA) is 168 Å². The second-order valence-corrected chi connectivity index (χ2v) is 7.62. The maximum absolute atomic E-state index is 12.8. The number of rotatable bonds is 7. The zero-order valence-electron chi connectivity index (χ0n) is 17.9. The number of benzene rings is 3. The Morgan fingerprint density at radius 1 is 0.882 bits per heavy atom. The monoisotopic (exact) mass is 455 g/mol. The Balaban J connectivity index is 1.80. The van der Waals surface area contributed by atoms with Crippen molar-refractivity contribution in [1.29, 1.82) is 10.8 Å². The Labute approximate surface area is 193 Å². The van der Waals surface area contributed by atoms with Crippen molar-refractivity contribution in [2.45, 2.75) is 6.54 Å². The van der Waals surface area contributed by atoms with E-state index >= 15 is 0 Å². The Morgan fingerprint density at radius 2 is 1.53 bits per heavy atom. The highest BCUT2D eigenvalue weighted by Crippen LogP contribution is 2.28. The standard InChI is InChI=1S/C25H21N5O4/c26-23(27)15-4-1-3-14(9-15)13-30-21-8-7-18(11-19(21)20(25(32)33)12-22(30)31)34-17-6-2-5-16(10-17)24(28)29/h1-12H,13H2,(H3,26,27)(H3,28,29)(H,32,33). The summed E-state index contributed by atoms with van der Waals surface area (Å²) in [5.41, 5.74) is 12.7. The molecule has 0 aliphatic rings. The van der Waals surface area contributed by atoms with Crippen LogP contribution < -0.4 is 21.8 Å². The molecule has 0 saturated carbocycles. The number of nitrogens with two attached hydrogens (primary N) is 2. The number of carbonyl (C=O) groups is 1. The van der Waals surface area contributed by atoms with Crippen molar-refractivity contribution in [3.63, 3.8) is 0 Å². The predicted octanol–water partition coefficient (Wildman–Crippen LogP) is 3.11. The molecule has 4 aromatic rings. The number of carboxylic acid groups (broad SMARTS) is 1. The van der Waals surface area contributed by atoms with Gasteiger partial charge in [-0.15, -0.1) is 0 Å². The molecule has 0 amide bonds. The zero-order valence-corrected chi connectivity index (χ0v) is 17.9. The lowest BCUT2D eigenvalue weighted by Gasteiger charge is -2.14. The number of carboxylic acids is 1. The highest BCUT2D eigenvalue weighted by Gasteiger charge is 2.16. The molecule has 1 aromatic heterocycles. The summed E-state index contributed by atoms with van der Waals surface area (Å²) in [6, 6.07) is 19.5. The van der Waals surface area contributed by atoms with E-state index in [0.717, 1.165) is 11.6 Å². The van der Waals surface area contributed by atoms with Crippen LogP contribution >= 0.6 is 0 Å². The number of hydrogen-bond acceptors (Lipinski definition) is 5. The molecule has 0 bridgehead atoms. The fourth-order valence-corrected chi connectivity index (χ4v) is 3.65. The van der Waals surface area contributed by atoms with Gasteiger partial charge in [0, 0.05) is 22.6 Å². The average molecular weight is 455 g/mol. The Bertz CT molecular complexity index is 1520. The van der Waals surface area contributed by atoms with Crippen molar-refractivity contribution >= 4 is 28.5 Å². The van der Waals surface area contributed by atoms with Gasteiger partial charge in [-0.2, -0.15) is 0 Å². The van der Waals surface area contributed by atoms with Gasteiger partial charge in [-0.25, -0.2) is 4.79 Å². The van der Waals surface area contributed by atoms with Crippen LogP contribution in [0.2, 0.25) is 0 Å². The van der Waals surface area contributed by atoms with E-state index in [1.54, 1.807) is 66.7 Å². The van der Waals surface area contributed by atoms with Crippen molar-refractivity contribution in [3.05, 3.63) is 105 Å². The van der Waals surface area contributed by atoms with E-state index in [2.05, 4.69) is 0 Å². The number of nitrogens with one attached hydrogen (secondary N) is 2. The number of hydrogen-bond donors (Lipinski definition) is 5. The number of pyridine rings is 1. The number of nitrogen functional groups attached to an aromatic ring is 2. The van der Waals surface area contributed by atoms with E-state index in [1.807, 2.05) is 0 Å². The van der Waals surface area contributed by atoms with Crippen LogP contribution in [-0.2, 0) is 6.54 Å². The van der Waals surface area contributed by atoms with Gasteiger partial charge in [-0.05, 0) is 42.0 Å². The number of ether oxygens (including phenoxy) is 1. The Morgan fingerprint density at radius 3 is 2.21 bits per heavy atom. The summed E-state index contributed by atoms with van der Waals surface area (Å²) >= 11 is 0. The van der Waals surface area contributed by atoms with Gasteiger partial charge in [-0.1, -0.05) is 30.3 Å². The molecule has 7 N–H and O–H groups in total. The summed E-state index contributed by atoms with van der Waals surface area (Å²) in [6.07, 6.45) is 0. The molecule has 1 heterocycles. The maximum atomic E-state index is 12.8. The predicted molar refractivity (Wildman–Crippen MR) is 129 cm³/mol. The Hall–Kier alpha value is -4.92. The van der Waals surface area contributed by atoms with Crippen molar-refractivity contribution < 1.29 is 14.6 Å². The number of amidine groups is 2. The molecule has 3 aromatic carbocycles. The highest BCUT2D eigenvalue weighted by molar-refractivity contribution is 6.03. The lowest BCUT2D eigenvalue weighted by atomic mass is 10.1. The van der Waals surface area contributed by atoms with Crippen LogP contribution in [0.3, 0.4) is 0 Å². The first-order valence-corrected chi connectivity index (χ1v) is 10.2. The second-order valence-electron chi connectivity index (χ2n) is 7.62. The van der Waals surface area contributed by atoms with E-state index in [4.69, 9.17) is 27.0 Å². The zero-order chi connectivity index (χ0) is 24.4. The van der Waals surface area contributed by atoms with Crippen molar-refractivity contribution in [1.82, 2.24) is 4.57 Å². The van der Waals surface area contributed by atoms with Crippen LogP contribution in [-0.4, -0.2) is 27.3 Å². The third kappa shape index (κ3) is 4.49. The van der Waals surface area contributed by atoms with Gasteiger partial charge in [0.15, 0.2) is 0 Å². The lowest BCUT2D eigenvalue weighted by molar-refractivity contribution is 0.0698. The minimum atomic E-state index is -1.23. The van der Waals surface area contributed by atoms with Crippen LogP contribution in [0.1, 0.15) is 27.0 Å². The van der Waals surface area contributed by atoms with Gasteiger partial charge in [0.1, 0.15) is 23.2 Å². The molecular weight excluding hydrogens is 434 g/mol. The minimum absolute atomic E-state index is 0.0871. The van der Waals surface area contributed by atoms with Crippen LogP contribution in [0.25, 0.3) is 10.9 Å². The molecule has 0 aliphatic carbocycles. The number of nitrogens with zero attached hydrogens (tertiary/aromatic N) is 1. The molecule has 0 fully saturated rings. The summed E-state index contributed by atoms with van der Waals surface area (Å²) in [5, 5.41) is 25.2. The van der Waals surface area contributed by atoms with E-state index in [1.165, 1.54) is 4.57 Å². The number of aromatic carboxylic acids is 1. The quantitative estimate of drug-likeness (QED) is 0.212. The van der Waals surface area contributed by atoms with Crippen molar-refractivity contribution in [2.24, 2.45) is 11.5 Å². The summed E-state index contributed by atoms with van der Waals surface area (Å²) in [4.78, 5) is 24.7. The van der Waals surface area contributed by atoms with Crippen LogP contribution in [0.15, 0.2) is 77.6 Å². The molecule has 9 nitrogen and oxygen atoms in total. The van der Waals surface area contributed by atoms with E-state index in [9.17, 15) is 14.7 Å². The minimum Gasteiger partial charge on any atom is -0.478 e. The number of aromatic nitrogens is 1. The smallest absolute Gasteiger partial charge is 0.336 e. The van der Waals surface area contributed by atoms with Gasteiger partial charge in [-0.3, -0.25) is 15.6 Å². The molecular formula is C25H21N5O4. The summed E-state index contributed by atoms with van der Waals surface area (Å²) in [6.45, 7) is 0.164.